The van der Waals surface area contributed by atoms with Crippen LogP contribution in [0, 0.1) is 17.3 Å². The number of hydrazine groups is 1. The first-order valence-corrected chi connectivity index (χ1v) is 23.2. The largest absolute Gasteiger partial charge is 0.508 e. The molecule has 4 amide bonds. The number of likely N-dealkylation sites (N-methyl/N-ethyl adjacent to an activating group) is 1. The van der Waals surface area contributed by atoms with Crippen molar-refractivity contribution in [2.45, 2.75) is 110 Å². The van der Waals surface area contributed by atoms with E-state index < -0.39 is 59.4 Å². The third-order valence-corrected chi connectivity index (χ3v) is 13.8. The Bertz CT molecular complexity index is 2540. The van der Waals surface area contributed by atoms with Gasteiger partial charge in [-0.05, 0) is 104 Å². The van der Waals surface area contributed by atoms with Gasteiger partial charge in [0.1, 0.15) is 30.5 Å². The van der Waals surface area contributed by atoms with Crippen LogP contribution >= 0.6 is 0 Å². The number of aromatic hydroxyl groups is 1. The number of amides is 4. The number of pyridine rings is 1. The Morgan fingerprint density at radius 3 is 2.58 bits per heavy atom. The second-order valence-electron chi connectivity index (χ2n) is 19.4. The normalized spacial score (nSPS) is 23.0. The number of phenolic OH excluding ortho intramolecular Hbond substituents is 1. The van der Waals surface area contributed by atoms with Crippen LogP contribution < -0.4 is 10.7 Å². The number of nitrogens with zero attached hydrogens (tertiary/aromatic N) is 5. The van der Waals surface area contributed by atoms with Crippen molar-refractivity contribution in [3.8, 4) is 28.1 Å². The van der Waals surface area contributed by atoms with Crippen LogP contribution in [0.2, 0.25) is 0 Å². The van der Waals surface area contributed by atoms with E-state index in [0.29, 0.717) is 49.9 Å². The number of cyclic esters (lactones) is 2. The molecule has 3 N–H and O–H groups in total. The molecule has 4 aromatic rings. The van der Waals surface area contributed by atoms with E-state index in [9.17, 15) is 29.1 Å². The Hall–Kier alpha value is -6.00. The number of nitrogens with one attached hydrogen (secondary N) is 2. The SMILES string of the molecule is CCn1c(-c2cccnc2[C@H](C)OC)c2c3cc(ccc31)-c1cc(O)cc(c1)C[C@H](NC(=O)C(C(C)C)N(C)C(=O)[C@H]1CCN3C(=O)OC[C@@H]13)C(=O)N1CCC[C@H](N1)C(=O)OCC(C)(C)C2. The smallest absolute Gasteiger partial charge is 0.410 e. The zero-order valence-electron chi connectivity index (χ0n) is 39.3. The quantitative estimate of drug-likeness (QED) is 0.173. The van der Waals surface area contributed by atoms with Crippen molar-refractivity contribution in [1.29, 1.82) is 0 Å². The van der Waals surface area contributed by atoms with Gasteiger partial charge in [0, 0.05) is 68.3 Å². The van der Waals surface area contributed by atoms with E-state index in [0.717, 1.165) is 39.0 Å². The maximum atomic E-state index is 14.7. The van der Waals surface area contributed by atoms with Crippen LogP contribution in [0.4, 0.5) is 4.79 Å². The van der Waals surface area contributed by atoms with Gasteiger partial charge >= 0.3 is 12.1 Å². The Morgan fingerprint density at radius 1 is 1.05 bits per heavy atom. The highest BCUT2D eigenvalue weighted by atomic mass is 16.6. The minimum Gasteiger partial charge on any atom is -0.508 e. The van der Waals surface area contributed by atoms with Crippen molar-refractivity contribution in [1.82, 2.24) is 35.1 Å². The van der Waals surface area contributed by atoms with E-state index in [1.54, 1.807) is 37.4 Å². The van der Waals surface area contributed by atoms with Gasteiger partial charge < -0.3 is 39.0 Å². The summed E-state index contributed by atoms with van der Waals surface area (Å²) in [5.41, 5.74) is 9.52. The summed E-state index contributed by atoms with van der Waals surface area (Å²) in [4.78, 5) is 77.3. The molecular weight excluding hydrogens is 843 g/mol. The molecule has 2 aromatic heterocycles. The van der Waals surface area contributed by atoms with Gasteiger partial charge in [-0.3, -0.25) is 29.2 Å². The summed E-state index contributed by atoms with van der Waals surface area (Å²) in [6.45, 7) is 13.5. The number of carbonyl (C=O) groups excluding carboxylic acids is 5. The van der Waals surface area contributed by atoms with E-state index in [4.69, 9.17) is 19.2 Å². The number of hydrogen-bond donors (Lipinski definition) is 3. The van der Waals surface area contributed by atoms with Gasteiger partial charge in [0.2, 0.25) is 11.8 Å². The van der Waals surface area contributed by atoms with Gasteiger partial charge in [-0.1, -0.05) is 39.8 Å². The lowest BCUT2D eigenvalue weighted by Gasteiger charge is -2.37. The second-order valence-corrected chi connectivity index (χ2v) is 19.4. The molecule has 4 aliphatic heterocycles. The standard InChI is InChI=1S/C50H63N7O9/c1-9-55-40-15-14-31-24-36(40)37(44(55)35-12-10-17-51-42(35)29(4)64-8)25-50(5,6)27-66-48(62)38-13-11-18-57(53-38)47(61)39(22-30-20-32(31)23-33(58)21-30)52-45(59)43(28(2)3)54(7)46(60)34-16-19-56-41(34)26-65-49(56)63/h10,12,14-15,17,20-21,23-24,28-29,34,38-39,41,43,53,58H,9,11,13,16,18-19,22,25-27H2,1-8H3,(H,52,59)/t29-,34-,38-,39-,41-,43?/m0/s1. The summed E-state index contributed by atoms with van der Waals surface area (Å²) < 4.78 is 19.4. The molecule has 4 aliphatic rings. The molecular formula is C50H63N7O9. The summed E-state index contributed by atoms with van der Waals surface area (Å²) in [6.07, 6.45) is 2.97. The zero-order chi connectivity index (χ0) is 47.2. The number of hydrogen-bond acceptors (Lipinski definition) is 11. The van der Waals surface area contributed by atoms with Crippen molar-refractivity contribution in [2.75, 3.05) is 40.5 Å². The van der Waals surface area contributed by atoms with Gasteiger partial charge in [0.05, 0.1) is 36.1 Å². The van der Waals surface area contributed by atoms with Gasteiger partial charge in [-0.2, -0.15) is 0 Å². The molecule has 352 valence electrons. The molecule has 0 spiro atoms. The Morgan fingerprint density at radius 2 is 1.83 bits per heavy atom. The van der Waals surface area contributed by atoms with Gasteiger partial charge in [-0.15, -0.1) is 0 Å². The lowest BCUT2D eigenvalue weighted by atomic mass is 9.84. The maximum absolute atomic E-state index is 14.7. The highest BCUT2D eigenvalue weighted by Crippen LogP contribution is 2.42. The molecule has 2 aromatic carbocycles. The number of ether oxygens (including phenoxy) is 3. The second kappa shape index (κ2) is 18.7. The van der Waals surface area contributed by atoms with Crippen molar-refractivity contribution in [2.24, 2.45) is 17.3 Å². The first kappa shape index (κ1) is 46.5. The first-order chi connectivity index (χ1) is 31.5. The van der Waals surface area contributed by atoms with E-state index in [-0.39, 0.29) is 49.9 Å². The van der Waals surface area contributed by atoms with Crippen LogP contribution in [-0.4, -0.2) is 124 Å². The predicted octanol–water partition coefficient (Wildman–Crippen LogP) is 5.78. The number of aryl methyl sites for hydroxylation is 1. The third-order valence-electron chi connectivity index (χ3n) is 13.8. The average Bonchev–Trinajstić information content (AvgIpc) is 3.98. The molecule has 8 rings (SSSR count). The molecule has 3 saturated heterocycles. The number of esters is 1. The van der Waals surface area contributed by atoms with E-state index in [1.807, 2.05) is 39.0 Å². The molecule has 6 heterocycles. The molecule has 6 atom stereocenters. The lowest BCUT2D eigenvalue weighted by molar-refractivity contribution is -0.155. The molecule has 16 heteroatoms. The predicted molar refractivity (Wildman–Crippen MR) is 247 cm³/mol. The topological polar surface area (TPSA) is 185 Å². The van der Waals surface area contributed by atoms with Crippen LogP contribution in [-0.2, 0) is 52.8 Å². The number of methoxy groups -OCH3 is 1. The number of carbonyl (C=O) groups is 5. The number of benzene rings is 2. The molecule has 6 bridgehead atoms. The van der Waals surface area contributed by atoms with Crippen molar-refractivity contribution >= 4 is 40.7 Å². The fourth-order valence-electron chi connectivity index (χ4n) is 10.5. The van der Waals surface area contributed by atoms with E-state index in [1.165, 1.54) is 9.91 Å². The highest BCUT2D eigenvalue weighted by Gasteiger charge is 2.49. The third kappa shape index (κ3) is 8.96. The van der Waals surface area contributed by atoms with E-state index in [2.05, 4.69) is 54.3 Å². The fraction of sp³-hybridized carbons (Fsp3) is 0.520. The Labute approximate surface area is 385 Å². The van der Waals surface area contributed by atoms with Crippen LogP contribution in [0.1, 0.15) is 83.7 Å². The molecule has 66 heavy (non-hydrogen) atoms. The monoisotopic (exact) mass is 905 g/mol. The average molecular weight is 906 g/mol. The summed E-state index contributed by atoms with van der Waals surface area (Å²) in [5.74, 6) is -2.68. The molecule has 0 radical (unpaired) electrons. The summed E-state index contributed by atoms with van der Waals surface area (Å²) in [5, 5.41) is 16.7. The highest BCUT2D eigenvalue weighted by molar-refractivity contribution is 5.96. The van der Waals surface area contributed by atoms with Crippen molar-refractivity contribution in [3.05, 3.63) is 71.5 Å². The van der Waals surface area contributed by atoms with Crippen LogP contribution in [0.25, 0.3) is 33.3 Å². The maximum Gasteiger partial charge on any atom is 0.410 e. The molecule has 16 nitrogen and oxygen atoms in total. The van der Waals surface area contributed by atoms with E-state index >= 15 is 0 Å². The number of phenols is 1. The number of fused-ring (bicyclic) bond motifs is 7. The van der Waals surface area contributed by atoms with Gasteiger partial charge in [-0.25, -0.2) is 10.2 Å². The lowest BCUT2D eigenvalue weighted by Crippen LogP contribution is -2.62. The first-order valence-electron chi connectivity index (χ1n) is 23.2. The van der Waals surface area contributed by atoms with Crippen molar-refractivity contribution < 1.29 is 43.3 Å². The number of aromatic nitrogens is 2. The molecule has 1 unspecified atom stereocenters. The Balaban J connectivity index is 1.20. The summed E-state index contributed by atoms with van der Waals surface area (Å²) in [7, 11) is 3.25. The van der Waals surface area contributed by atoms with Crippen LogP contribution in [0.3, 0.4) is 0 Å². The molecule has 0 aliphatic carbocycles. The van der Waals surface area contributed by atoms with Gasteiger partial charge in [0.15, 0.2) is 0 Å². The van der Waals surface area contributed by atoms with Gasteiger partial charge in [0.25, 0.3) is 5.91 Å². The minimum absolute atomic E-state index is 0.0134. The zero-order valence-corrected chi connectivity index (χ0v) is 39.3. The fourth-order valence-corrected chi connectivity index (χ4v) is 10.5. The Kier molecular flexibility index (Phi) is 13.2. The van der Waals surface area contributed by atoms with Crippen LogP contribution in [0.15, 0.2) is 54.7 Å². The molecule has 3 fully saturated rings. The summed E-state index contributed by atoms with van der Waals surface area (Å²) >= 11 is 0. The molecule has 0 saturated carbocycles. The van der Waals surface area contributed by atoms with Crippen LogP contribution in [0.5, 0.6) is 5.75 Å². The minimum atomic E-state index is -1.17. The van der Waals surface area contributed by atoms with Crippen molar-refractivity contribution in [3.63, 3.8) is 0 Å². The number of rotatable bonds is 9. The summed E-state index contributed by atoms with van der Waals surface area (Å²) in [6, 6.07) is 12.1.